The first kappa shape index (κ1) is 15.5. The maximum atomic E-state index is 6.04. The van der Waals surface area contributed by atoms with Crippen molar-refractivity contribution < 1.29 is 14.2 Å². The number of halogens is 1. The van der Waals surface area contributed by atoms with Gasteiger partial charge in [-0.1, -0.05) is 17.7 Å². The van der Waals surface area contributed by atoms with Crippen molar-refractivity contribution in [3.63, 3.8) is 0 Å². The molecule has 0 aliphatic heterocycles. The highest BCUT2D eigenvalue weighted by molar-refractivity contribution is 6.30. The summed E-state index contributed by atoms with van der Waals surface area (Å²) in [5.41, 5.74) is 0.956. The molecule has 2 rings (SSSR count). The molecule has 0 aliphatic carbocycles. The van der Waals surface area contributed by atoms with E-state index in [0.717, 1.165) is 5.56 Å². The van der Waals surface area contributed by atoms with Gasteiger partial charge in [-0.3, -0.25) is 0 Å². The van der Waals surface area contributed by atoms with Gasteiger partial charge in [0, 0.05) is 17.1 Å². The van der Waals surface area contributed by atoms with Crippen LogP contribution in [-0.2, 0) is 6.54 Å². The number of ether oxygens (including phenoxy) is 3. The first-order valence-corrected chi connectivity index (χ1v) is 6.89. The zero-order valence-electron chi connectivity index (χ0n) is 12.3. The third-order valence-corrected chi connectivity index (χ3v) is 3.22. The highest BCUT2D eigenvalue weighted by Crippen LogP contribution is 2.41. The lowest BCUT2D eigenvalue weighted by Crippen LogP contribution is -2.06. The summed E-state index contributed by atoms with van der Waals surface area (Å²) in [7, 11) is 5.06. The van der Waals surface area contributed by atoms with Gasteiger partial charge in [-0.15, -0.1) is 0 Å². The van der Waals surface area contributed by atoms with E-state index in [0.29, 0.717) is 34.6 Å². The second-order valence-electron chi connectivity index (χ2n) is 4.38. The minimum atomic E-state index is 0.544. The SMILES string of the molecule is CNCc1cc(Cl)ccc1Oc1c(OC)cccc1OC. The molecule has 0 saturated heterocycles. The van der Waals surface area contributed by atoms with Gasteiger partial charge < -0.3 is 19.5 Å². The number of hydrogen-bond acceptors (Lipinski definition) is 4. The molecular formula is C16H18ClNO3. The Hall–Kier alpha value is -1.91. The molecule has 2 aromatic carbocycles. The molecule has 1 N–H and O–H groups in total. The lowest BCUT2D eigenvalue weighted by Gasteiger charge is -2.16. The lowest BCUT2D eigenvalue weighted by atomic mass is 10.2. The quantitative estimate of drug-likeness (QED) is 0.879. The molecule has 5 heteroatoms. The maximum Gasteiger partial charge on any atom is 0.211 e. The van der Waals surface area contributed by atoms with Crippen LogP contribution < -0.4 is 19.5 Å². The topological polar surface area (TPSA) is 39.7 Å². The number of methoxy groups -OCH3 is 2. The van der Waals surface area contributed by atoms with E-state index in [-0.39, 0.29) is 0 Å². The zero-order valence-corrected chi connectivity index (χ0v) is 13.0. The van der Waals surface area contributed by atoms with Gasteiger partial charge in [0.25, 0.3) is 0 Å². The third-order valence-electron chi connectivity index (χ3n) is 2.98. The first-order chi connectivity index (χ1) is 10.2. The molecule has 0 amide bonds. The van der Waals surface area contributed by atoms with Gasteiger partial charge in [0.1, 0.15) is 5.75 Å². The Bertz CT molecular complexity index is 594. The lowest BCUT2D eigenvalue weighted by molar-refractivity contribution is 0.345. The van der Waals surface area contributed by atoms with Crippen molar-refractivity contribution in [2.24, 2.45) is 0 Å². The highest BCUT2D eigenvalue weighted by atomic mass is 35.5. The summed E-state index contributed by atoms with van der Waals surface area (Å²) >= 11 is 6.04. The van der Waals surface area contributed by atoms with E-state index in [1.165, 1.54) is 0 Å². The molecule has 0 aromatic heterocycles. The minimum absolute atomic E-state index is 0.544. The Morgan fingerprint density at radius 3 is 2.24 bits per heavy atom. The number of hydrogen-bond donors (Lipinski definition) is 1. The Kier molecular flexibility index (Phi) is 5.31. The molecule has 0 atom stereocenters. The molecule has 4 nitrogen and oxygen atoms in total. The van der Waals surface area contributed by atoms with Crippen LogP contribution in [0.1, 0.15) is 5.56 Å². The van der Waals surface area contributed by atoms with Crippen molar-refractivity contribution in [3.8, 4) is 23.0 Å². The fraction of sp³-hybridized carbons (Fsp3) is 0.250. The largest absolute Gasteiger partial charge is 0.493 e. The number of nitrogens with one attached hydrogen (secondary N) is 1. The van der Waals surface area contributed by atoms with Crippen LogP contribution in [0.4, 0.5) is 0 Å². The van der Waals surface area contributed by atoms with Crippen LogP contribution in [0.5, 0.6) is 23.0 Å². The molecule has 112 valence electrons. The Morgan fingerprint density at radius 2 is 1.67 bits per heavy atom. The van der Waals surface area contributed by atoms with Gasteiger partial charge in [0.05, 0.1) is 14.2 Å². The molecule has 0 fully saturated rings. The standard InChI is InChI=1S/C16H18ClNO3/c1-18-10-11-9-12(17)7-8-13(11)21-16-14(19-2)5-4-6-15(16)20-3/h4-9,18H,10H2,1-3H3. The van der Waals surface area contributed by atoms with E-state index in [9.17, 15) is 0 Å². The normalized spacial score (nSPS) is 10.3. The first-order valence-electron chi connectivity index (χ1n) is 6.51. The number of para-hydroxylation sites is 1. The van der Waals surface area contributed by atoms with Crippen LogP contribution in [0.3, 0.4) is 0 Å². The fourth-order valence-electron chi connectivity index (χ4n) is 2.00. The average Bonchev–Trinajstić information content (AvgIpc) is 2.50. The predicted octanol–water partition coefficient (Wildman–Crippen LogP) is 3.87. The van der Waals surface area contributed by atoms with Gasteiger partial charge >= 0.3 is 0 Å². The monoisotopic (exact) mass is 307 g/mol. The van der Waals surface area contributed by atoms with Gasteiger partial charge in [-0.05, 0) is 37.4 Å². The molecular weight excluding hydrogens is 290 g/mol. The van der Waals surface area contributed by atoms with Crippen LogP contribution >= 0.6 is 11.6 Å². The summed E-state index contributed by atoms with van der Waals surface area (Å²) in [4.78, 5) is 0. The Labute approximate surface area is 129 Å². The predicted molar refractivity (Wildman–Crippen MR) is 83.8 cm³/mol. The highest BCUT2D eigenvalue weighted by Gasteiger charge is 2.14. The second kappa shape index (κ2) is 7.20. The van der Waals surface area contributed by atoms with Crippen molar-refractivity contribution in [1.29, 1.82) is 0 Å². The molecule has 0 saturated carbocycles. The van der Waals surface area contributed by atoms with Crippen LogP contribution in [0.25, 0.3) is 0 Å². The van der Waals surface area contributed by atoms with Crippen LogP contribution in [-0.4, -0.2) is 21.3 Å². The zero-order chi connectivity index (χ0) is 15.2. The van der Waals surface area contributed by atoms with E-state index >= 15 is 0 Å². The van der Waals surface area contributed by atoms with Crippen LogP contribution in [0, 0.1) is 0 Å². The van der Waals surface area contributed by atoms with Crippen molar-refractivity contribution in [3.05, 3.63) is 47.0 Å². The average molecular weight is 308 g/mol. The summed E-state index contributed by atoms with van der Waals surface area (Å²) in [5.74, 6) is 2.47. The molecule has 21 heavy (non-hydrogen) atoms. The van der Waals surface area contributed by atoms with E-state index in [1.807, 2.05) is 37.4 Å². The van der Waals surface area contributed by atoms with Gasteiger partial charge in [0.15, 0.2) is 11.5 Å². The summed E-state index contributed by atoms with van der Waals surface area (Å²) in [5, 5.41) is 3.76. The van der Waals surface area contributed by atoms with Gasteiger partial charge in [0.2, 0.25) is 5.75 Å². The second-order valence-corrected chi connectivity index (χ2v) is 4.81. The van der Waals surface area contributed by atoms with E-state index in [4.69, 9.17) is 25.8 Å². The Balaban J connectivity index is 2.42. The van der Waals surface area contributed by atoms with Crippen molar-refractivity contribution in [1.82, 2.24) is 5.32 Å². The summed E-state index contributed by atoms with van der Waals surface area (Å²) in [6.07, 6.45) is 0. The summed E-state index contributed by atoms with van der Waals surface area (Å²) < 4.78 is 16.7. The van der Waals surface area contributed by atoms with E-state index in [1.54, 1.807) is 20.3 Å². The van der Waals surface area contributed by atoms with Crippen molar-refractivity contribution in [2.75, 3.05) is 21.3 Å². The van der Waals surface area contributed by atoms with E-state index < -0.39 is 0 Å². The van der Waals surface area contributed by atoms with Crippen LogP contribution in [0.2, 0.25) is 5.02 Å². The molecule has 0 bridgehead atoms. The molecule has 0 unspecified atom stereocenters. The number of rotatable bonds is 6. The molecule has 0 aliphatic rings. The van der Waals surface area contributed by atoms with Crippen molar-refractivity contribution in [2.45, 2.75) is 6.54 Å². The number of benzene rings is 2. The Morgan fingerprint density at radius 1 is 1.00 bits per heavy atom. The molecule has 2 aromatic rings. The fourth-order valence-corrected chi connectivity index (χ4v) is 2.20. The minimum Gasteiger partial charge on any atom is -0.493 e. The third kappa shape index (κ3) is 3.60. The smallest absolute Gasteiger partial charge is 0.211 e. The molecule has 0 spiro atoms. The van der Waals surface area contributed by atoms with E-state index in [2.05, 4.69) is 5.32 Å². The molecule has 0 radical (unpaired) electrons. The molecule has 0 heterocycles. The van der Waals surface area contributed by atoms with Gasteiger partial charge in [-0.25, -0.2) is 0 Å². The summed E-state index contributed by atoms with van der Waals surface area (Å²) in [6.45, 7) is 0.646. The maximum absolute atomic E-state index is 6.04. The van der Waals surface area contributed by atoms with Crippen LogP contribution in [0.15, 0.2) is 36.4 Å². The summed E-state index contributed by atoms with van der Waals surface area (Å²) in [6, 6.07) is 11.0. The van der Waals surface area contributed by atoms with Crippen molar-refractivity contribution >= 4 is 11.6 Å². The van der Waals surface area contributed by atoms with Gasteiger partial charge in [-0.2, -0.15) is 0 Å².